The molecule has 2 atom stereocenters. The SMILES string of the molecule is CCNc1nccc(NC2CCOC(C)C2)n1. The molecule has 5 nitrogen and oxygen atoms in total. The van der Waals surface area contributed by atoms with Crippen molar-refractivity contribution in [1.29, 1.82) is 0 Å². The third-order valence-corrected chi connectivity index (χ3v) is 2.83. The monoisotopic (exact) mass is 236 g/mol. The van der Waals surface area contributed by atoms with E-state index in [0.717, 1.165) is 31.8 Å². The van der Waals surface area contributed by atoms with Crippen molar-refractivity contribution in [2.75, 3.05) is 23.8 Å². The molecule has 2 unspecified atom stereocenters. The lowest BCUT2D eigenvalue weighted by molar-refractivity contribution is 0.0232. The van der Waals surface area contributed by atoms with Gasteiger partial charge in [0.25, 0.3) is 0 Å². The van der Waals surface area contributed by atoms with Crippen molar-refractivity contribution >= 4 is 11.8 Å². The molecule has 0 saturated carbocycles. The Balaban J connectivity index is 1.95. The molecule has 1 fully saturated rings. The second-order valence-corrected chi connectivity index (χ2v) is 4.34. The molecular weight excluding hydrogens is 216 g/mol. The lowest BCUT2D eigenvalue weighted by atomic mass is 10.0. The van der Waals surface area contributed by atoms with Gasteiger partial charge in [-0.2, -0.15) is 4.98 Å². The fraction of sp³-hybridized carbons (Fsp3) is 0.667. The maximum Gasteiger partial charge on any atom is 0.224 e. The molecule has 0 amide bonds. The third-order valence-electron chi connectivity index (χ3n) is 2.83. The molecule has 0 spiro atoms. The summed E-state index contributed by atoms with van der Waals surface area (Å²) in [5.41, 5.74) is 0. The molecule has 0 aromatic carbocycles. The average molecular weight is 236 g/mol. The van der Waals surface area contributed by atoms with Gasteiger partial charge in [-0.25, -0.2) is 4.98 Å². The molecule has 17 heavy (non-hydrogen) atoms. The van der Waals surface area contributed by atoms with Crippen molar-refractivity contribution < 1.29 is 4.74 Å². The molecule has 1 aliphatic rings. The number of rotatable bonds is 4. The zero-order valence-electron chi connectivity index (χ0n) is 10.4. The average Bonchev–Trinajstić information content (AvgIpc) is 2.30. The summed E-state index contributed by atoms with van der Waals surface area (Å²) < 4.78 is 5.52. The molecule has 1 aliphatic heterocycles. The lowest BCUT2D eigenvalue weighted by Crippen LogP contribution is -2.32. The summed E-state index contributed by atoms with van der Waals surface area (Å²) in [5.74, 6) is 1.56. The maximum absolute atomic E-state index is 5.52. The van der Waals surface area contributed by atoms with E-state index < -0.39 is 0 Å². The van der Waals surface area contributed by atoms with Crippen LogP contribution < -0.4 is 10.6 Å². The van der Waals surface area contributed by atoms with Crippen LogP contribution in [0.4, 0.5) is 11.8 Å². The van der Waals surface area contributed by atoms with Crippen LogP contribution in [0, 0.1) is 0 Å². The quantitative estimate of drug-likeness (QED) is 0.836. The van der Waals surface area contributed by atoms with Crippen LogP contribution in [-0.4, -0.2) is 35.3 Å². The summed E-state index contributed by atoms with van der Waals surface area (Å²) in [5, 5.41) is 6.55. The van der Waals surface area contributed by atoms with Crippen LogP contribution in [0.5, 0.6) is 0 Å². The van der Waals surface area contributed by atoms with Crippen LogP contribution in [0.1, 0.15) is 26.7 Å². The largest absolute Gasteiger partial charge is 0.378 e. The first-order valence-electron chi connectivity index (χ1n) is 6.23. The first-order chi connectivity index (χ1) is 8.28. The predicted octanol–water partition coefficient (Wildman–Crippen LogP) is 1.89. The van der Waals surface area contributed by atoms with E-state index in [9.17, 15) is 0 Å². The van der Waals surface area contributed by atoms with Gasteiger partial charge in [0.1, 0.15) is 5.82 Å². The van der Waals surface area contributed by atoms with Crippen molar-refractivity contribution in [1.82, 2.24) is 9.97 Å². The van der Waals surface area contributed by atoms with E-state index in [0.29, 0.717) is 18.1 Å². The van der Waals surface area contributed by atoms with Gasteiger partial charge in [0.15, 0.2) is 0 Å². The highest BCUT2D eigenvalue weighted by Gasteiger charge is 2.19. The summed E-state index contributed by atoms with van der Waals surface area (Å²) in [4.78, 5) is 8.56. The second-order valence-electron chi connectivity index (χ2n) is 4.34. The lowest BCUT2D eigenvalue weighted by Gasteiger charge is -2.28. The zero-order valence-corrected chi connectivity index (χ0v) is 10.4. The van der Waals surface area contributed by atoms with Crippen molar-refractivity contribution in [3.8, 4) is 0 Å². The fourth-order valence-corrected chi connectivity index (χ4v) is 2.02. The molecule has 94 valence electrons. The Kier molecular flexibility index (Phi) is 4.14. The summed E-state index contributed by atoms with van der Waals surface area (Å²) in [6, 6.07) is 2.35. The number of hydrogen-bond acceptors (Lipinski definition) is 5. The number of nitrogens with zero attached hydrogens (tertiary/aromatic N) is 2. The summed E-state index contributed by atoms with van der Waals surface area (Å²) >= 11 is 0. The number of ether oxygens (including phenoxy) is 1. The molecule has 0 bridgehead atoms. The predicted molar refractivity (Wildman–Crippen MR) is 68.3 cm³/mol. The van der Waals surface area contributed by atoms with Crippen LogP contribution >= 0.6 is 0 Å². The van der Waals surface area contributed by atoms with Gasteiger partial charge in [-0.3, -0.25) is 0 Å². The Morgan fingerprint density at radius 3 is 3.18 bits per heavy atom. The van der Waals surface area contributed by atoms with Gasteiger partial charge in [-0.15, -0.1) is 0 Å². The van der Waals surface area contributed by atoms with Gasteiger partial charge in [0.2, 0.25) is 5.95 Å². The van der Waals surface area contributed by atoms with Crippen LogP contribution in [0.15, 0.2) is 12.3 Å². The molecule has 2 rings (SSSR count). The summed E-state index contributed by atoms with van der Waals surface area (Å²) in [6.07, 6.45) is 4.16. The molecular formula is C12H20N4O. The van der Waals surface area contributed by atoms with E-state index in [1.165, 1.54) is 0 Å². The first-order valence-corrected chi connectivity index (χ1v) is 6.23. The molecule has 0 aliphatic carbocycles. The molecule has 1 saturated heterocycles. The van der Waals surface area contributed by atoms with Crippen molar-refractivity contribution in [3.05, 3.63) is 12.3 Å². The number of hydrogen-bond donors (Lipinski definition) is 2. The standard InChI is InChI=1S/C12H20N4O/c1-3-13-12-14-6-4-11(16-12)15-10-5-7-17-9(2)8-10/h4,6,9-10H,3,5,7-8H2,1-2H3,(H2,13,14,15,16). The molecule has 0 radical (unpaired) electrons. The van der Waals surface area contributed by atoms with Crippen LogP contribution in [0.2, 0.25) is 0 Å². The Morgan fingerprint density at radius 2 is 2.41 bits per heavy atom. The van der Waals surface area contributed by atoms with Gasteiger partial charge < -0.3 is 15.4 Å². The van der Waals surface area contributed by atoms with Crippen molar-refractivity contribution in [2.45, 2.75) is 38.8 Å². The van der Waals surface area contributed by atoms with Crippen molar-refractivity contribution in [3.63, 3.8) is 0 Å². The minimum atomic E-state index is 0.330. The minimum absolute atomic E-state index is 0.330. The minimum Gasteiger partial charge on any atom is -0.378 e. The van der Waals surface area contributed by atoms with Gasteiger partial charge in [-0.1, -0.05) is 0 Å². The van der Waals surface area contributed by atoms with E-state index in [-0.39, 0.29) is 0 Å². The number of anilines is 2. The smallest absolute Gasteiger partial charge is 0.224 e. The number of aromatic nitrogens is 2. The van der Waals surface area contributed by atoms with E-state index in [2.05, 4.69) is 27.5 Å². The van der Waals surface area contributed by atoms with E-state index in [4.69, 9.17) is 4.74 Å². The van der Waals surface area contributed by atoms with E-state index in [1.54, 1.807) is 6.20 Å². The fourth-order valence-electron chi connectivity index (χ4n) is 2.02. The van der Waals surface area contributed by atoms with Gasteiger partial charge >= 0.3 is 0 Å². The van der Waals surface area contributed by atoms with Crippen molar-refractivity contribution in [2.24, 2.45) is 0 Å². The normalized spacial score (nSPS) is 24.4. The van der Waals surface area contributed by atoms with E-state index in [1.807, 2.05) is 13.0 Å². The highest BCUT2D eigenvalue weighted by atomic mass is 16.5. The van der Waals surface area contributed by atoms with Gasteiger partial charge in [0, 0.05) is 25.4 Å². The Hall–Kier alpha value is -1.36. The molecule has 2 N–H and O–H groups in total. The molecule has 1 aromatic rings. The van der Waals surface area contributed by atoms with E-state index >= 15 is 0 Å². The van der Waals surface area contributed by atoms with Gasteiger partial charge in [-0.05, 0) is 32.8 Å². The Bertz CT molecular complexity index is 358. The maximum atomic E-state index is 5.52. The number of nitrogens with one attached hydrogen (secondary N) is 2. The van der Waals surface area contributed by atoms with Gasteiger partial charge in [0.05, 0.1) is 6.10 Å². The highest BCUT2D eigenvalue weighted by Crippen LogP contribution is 2.17. The summed E-state index contributed by atoms with van der Waals surface area (Å²) in [6.45, 7) is 5.79. The summed E-state index contributed by atoms with van der Waals surface area (Å²) in [7, 11) is 0. The van der Waals surface area contributed by atoms with Crippen LogP contribution in [0.3, 0.4) is 0 Å². The van der Waals surface area contributed by atoms with Crippen LogP contribution in [0.25, 0.3) is 0 Å². The molecule has 5 heteroatoms. The third kappa shape index (κ3) is 3.56. The van der Waals surface area contributed by atoms with Crippen LogP contribution in [-0.2, 0) is 4.74 Å². The first kappa shape index (κ1) is 12.1. The second kappa shape index (κ2) is 5.82. The molecule has 1 aromatic heterocycles. The topological polar surface area (TPSA) is 59.1 Å². The highest BCUT2D eigenvalue weighted by molar-refractivity contribution is 5.40. The zero-order chi connectivity index (χ0) is 12.1. The Labute approximate surface area is 102 Å². The Morgan fingerprint density at radius 1 is 1.53 bits per heavy atom. The molecule has 2 heterocycles.